The molecule has 1 heterocycles. The van der Waals surface area contributed by atoms with Crippen molar-refractivity contribution in [2.75, 3.05) is 13.7 Å². The summed E-state index contributed by atoms with van der Waals surface area (Å²) in [5.41, 5.74) is 1.35. The van der Waals surface area contributed by atoms with Gasteiger partial charge in [0.2, 0.25) is 0 Å². The van der Waals surface area contributed by atoms with Crippen molar-refractivity contribution in [1.29, 1.82) is 0 Å². The zero-order valence-corrected chi connectivity index (χ0v) is 12.9. The minimum absolute atomic E-state index is 0.230. The molecule has 1 aromatic heterocycles. The number of aromatic nitrogens is 1. The normalized spacial score (nSPS) is 10.2. The number of benzene rings is 1. The lowest BCUT2D eigenvalue weighted by molar-refractivity contribution is 0.0954. The second kappa shape index (κ2) is 7.29. The molecule has 2 rings (SSSR count). The van der Waals surface area contributed by atoms with Crippen molar-refractivity contribution in [1.82, 2.24) is 10.3 Å². The highest BCUT2D eigenvalue weighted by Crippen LogP contribution is 2.22. The van der Waals surface area contributed by atoms with E-state index in [0.717, 1.165) is 5.56 Å². The Bertz CT molecular complexity index is 647. The molecule has 21 heavy (non-hydrogen) atoms. The highest BCUT2D eigenvalue weighted by atomic mass is 35.5. The van der Waals surface area contributed by atoms with Crippen molar-refractivity contribution in [3.8, 4) is 5.75 Å². The average molecular weight is 325 g/mol. The SMILES string of the molecule is COc1ccc(CCNC(=O)c2ccncc2Cl)c(Cl)c1. The Morgan fingerprint density at radius 3 is 2.76 bits per heavy atom. The maximum atomic E-state index is 12.0. The molecule has 0 aliphatic rings. The van der Waals surface area contributed by atoms with E-state index in [1.165, 1.54) is 12.4 Å². The van der Waals surface area contributed by atoms with Gasteiger partial charge in [0.25, 0.3) is 5.91 Å². The zero-order valence-electron chi connectivity index (χ0n) is 11.4. The third-order valence-electron chi connectivity index (χ3n) is 2.96. The molecule has 4 nitrogen and oxygen atoms in total. The van der Waals surface area contributed by atoms with Crippen molar-refractivity contribution in [2.45, 2.75) is 6.42 Å². The van der Waals surface area contributed by atoms with Gasteiger partial charge in [0, 0.05) is 24.0 Å². The molecule has 0 unspecified atom stereocenters. The molecule has 0 saturated carbocycles. The Morgan fingerprint density at radius 2 is 2.10 bits per heavy atom. The third-order valence-corrected chi connectivity index (χ3v) is 3.61. The third kappa shape index (κ3) is 4.09. The molecule has 0 aliphatic carbocycles. The topological polar surface area (TPSA) is 51.2 Å². The van der Waals surface area contributed by atoms with Crippen LogP contribution in [0.5, 0.6) is 5.75 Å². The number of rotatable bonds is 5. The summed E-state index contributed by atoms with van der Waals surface area (Å²) in [6, 6.07) is 7.05. The molecule has 1 N–H and O–H groups in total. The minimum Gasteiger partial charge on any atom is -0.497 e. The lowest BCUT2D eigenvalue weighted by atomic mass is 10.1. The van der Waals surface area contributed by atoms with Crippen LogP contribution in [0.15, 0.2) is 36.7 Å². The Balaban J connectivity index is 1.93. The molecule has 1 aromatic carbocycles. The standard InChI is InChI=1S/C15H14Cl2N2O2/c1-21-11-3-2-10(13(16)8-11)4-7-19-15(20)12-5-6-18-9-14(12)17/h2-3,5-6,8-9H,4,7H2,1H3,(H,19,20). The molecule has 0 bridgehead atoms. The highest BCUT2D eigenvalue weighted by Gasteiger charge is 2.09. The largest absolute Gasteiger partial charge is 0.497 e. The summed E-state index contributed by atoms with van der Waals surface area (Å²) in [4.78, 5) is 15.8. The van der Waals surface area contributed by atoms with Crippen molar-refractivity contribution < 1.29 is 9.53 Å². The number of ether oxygens (including phenoxy) is 1. The van der Waals surface area contributed by atoms with E-state index in [4.69, 9.17) is 27.9 Å². The van der Waals surface area contributed by atoms with Gasteiger partial charge in [0.1, 0.15) is 5.75 Å². The molecule has 110 valence electrons. The molecule has 0 saturated heterocycles. The number of methoxy groups -OCH3 is 1. The lowest BCUT2D eigenvalue weighted by Crippen LogP contribution is -2.26. The van der Waals surface area contributed by atoms with Crippen molar-refractivity contribution in [3.05, 3.63) is 57.8 Å². The van der Waals surface area contributed by atoms with Gasteiger partial charge in [-0.1, -0.05) is 29.3 Å². The van der Waals surface area contributed by atoms with E-state index in [1.54, 1.807) is 19.2 Å². The summed E-state index contributed by atoms with van der Waals surface area (Å²) >= 11 is 12.1. The molecule has 6 heteroatoms. The van der Waals surface area contributed by atoms with Gasteiger partial charge >= 0.3 is 0 Å². The van der Waals surface area contributed by atoms with Crippen LogP contribution in [0.1, 0.15) is 15.9 Å². The maximum Gasteiger partial charge on any atom is 0.252 e. The zero-order chi connectivity index (χ0) is 15.2. The summed E-state index contributed by atoms with van der Waals surface area (Å²) < 4.78 is 5.09. The number of carbonyl (C=O) groups is 1. The first kappa shape index (κ1) is 15.6. The molecule has 0 spiro atoms. The monoisotopic (exact) mass is 324 g/mol. The minimum atomic E-state index is -0.230. The van der Waals surface area contributed by atoms with Crippen LogP contribution in [0, 0.1) is 0 Å². The second-order valence-corrected chi connectivity index (χ2v) is 5.13. The predicted molar refractivity (Wildman–Crippen MR) is 83.3 cm³/mol. The van der Waals surface area contributed by atoms with Gasteiger partial charge in [-0.3, -0.25) is 9.78 Å². The summed E-state index contributed by atoms with van der Waals surface area (Å²) in [6.45, 7) is 0.462. The van der Waals surface area contributed by atoms with Crippen LogP contribution in [-0.2, 0) is 6.42 Å². The first-order valence-corrected chi connectivity index (χ1v) is 7.07. The quantitative estimate of drug-likeness (QED) is 0.917. The van der Waals surface area contributed by atoms with Crippen molar-refractivity contribution in [2.24, 2.45) is 0 Å². The Hall–Kier alpha value is -1.78. The van der Waals surface area contributed by atoms with Crippen molar-refractivity contribution in [3.63, 3.8) is 0 Å². The van der Waals surface area contributed by atoms with Gasteiger partial charge < -0.3 is 10.1 Å². The van der Waals surface area contributed by atoms with Crippen molar-refractivity contribution >= 4 is 29.1 Å². The number of pyridine rings is 1. The van der Waals surface area contributed by atoms with E-state index in [-0.39, 0.29) is 5.91 Å². The molecule has 0 aliphatic heterocycles. The fourth-order valence-electron chi connectivity index (χ4n) is 1.82. The van der Waals surface area contributed by atoms with Crippen LogP contribution in [0.4, 0.5) is 0 Å². The fourth-order valence-corrected chi connectivity index (χ4v) is 2.29. The lowest BCUT2D eigenvalue weighted by Gasteiger charge is -2.08. The van der Waals surface area contributed by atoms with E-state index in [0.29, 0.717) is 34.3 Å². The molecule has 0 radical (unpaired) electrons. The number of nitrogens with one attached hydrogen (secondary N) is 1. The molecule has 2 aromatic rings. The second-order valence-electron chi connectivity index (χ2n) is 4.32. The number of hydrogen-bond acceptors (Lipinski definition) is 3. The Morgan fingerprint density at radius 1 is 1.29 bits per heavy atom. The maximum absolute atomic E-state index is 12.0. The molecule has 0 fully saturated rings. The Kier molecular flexibility index (Phi) is 5.42. The van der Waals surface area contributed by atoms with Crippen LogP contribution in [0.3, 0.4) is 0 Å². The van der Waals surface area contributed by atoms with E-state index in [1.807, 2.05) is 12.1 Å². The predicted octanol–water partition coefficient (Wildman–Crippen LogP) is 3.37. The van der Waals surface area contributed by atoms with Crippen LogP contribution >= 0.6 is 23.2 Å². The van der Waals surface area contributed by atoms with Crippen LogP contribution in [0.25, 0.3) is 0 Å². The number of carbonyl (C=O) groups excluding carboxylic acids is 1. The molecule has 0 atom stereocenters. The molecular formula is C15H14Cl2N2O2. The highest BCUT2D eigenvalue weighted by molar-refractivity contribution is 6.33. The number of hydrogen-bond donors (Lipinski definition) is 1. The van der Waals surface area contributed by atoms with E-state index < -0.39 is 0 Å². The Labute approximate surface area is 133 Å². The first-order chi connectivity index (χ1) is 10.1. The van der Waals surface area contributed by atoms with E-state index in [2.05, 4.69) is 10.3 Å². The smallest absolute Gasteiger partial charge is 0.252 e. The summed E-state index contributed by atoms with van der Waals surface area (Å²) in [5.74, 6) is 0.475. The van der Waals surface area contributed by atoms with E-state index in [9.17, 15) is 4.79 Å². The van der Waals surface area contributed by atoms with Gasteiger partial charge in [-0.05, 0) is 30.2 Å². The molecule has 1 amide bonds. The van der Waals surface area contributed by atoms with Gasteiger partial charge in [0.05, 0.1) is 17.7 Å². The van der Waals surface area contributed by atoms with E-state index >= 15 is 0 Å². The van der Waals surface area contributed by atoms with Crippen LogP contribution in [-0.4, -0.2) is 24.5 Å². The molecular weight excluding hydrogens is 311 g/mol. The van der Waals surface area contributed by atoms with Crippen LogP contribution in [0.2, 0.25) is 10.0 Å². The average Bonchev–Trinajstić information content (AvgIpc) is 2.49. The first-order valence-electron chi connectivity index (χ1n) is 6.32. The summed E-state index contributed by atoms with van der Waals surface area (Å²) in [5, 5.41) is 3.75. The number of amides is 1. The van der Waals surface area contributed by atoms with Crippen LogP contribution < -0.4 is 10.1 Å². The summed E-state index contributed by atoms with van der Waals surface area (Å²) in [7, 11) is 1.59. The fraction of sp³-hybridized carbons (Fsp3) is 0.200. The van der Waals surface area contributed by atoms with Gasteiger partial charge in [-0.15, -0.1) is 0 Å². The number of halogens is 2. The summed E-state index contributed by atoms with van der Waals surface area (Å²) in [6.07, 6.45) is 3.59. The van der Waals surface area contributed by atoms with Gasteiger partial charge in [0.15, 0.2) is 0 Å². The van der Waals surface area contributed by atoms with Gasteiger partial charge in [-0.25, -0.2) is 0 Å². The van der Waals surface area contributed by atoms with Gasteiger partial charge in [-0.2, -0.15) is 0 Å². The number of nitrogens with zero attached hydrogens (tertiary/aromatic N) is 1.